The minimum atomic E-state index is -4.69. The molecule has 2 heterocycles. The summed E-state index contributed by atoms with van der Waals surface area (Å²) in [5.41, 5.74) is -2.33. The van der Waals surface area contributed by atoms with Crippen LogP contribution in [-0.2, 0) is 16.2 Å². The third-order valence-electron chi connectivity index (χ3n) is 4.63. The molecule has 1 aliphatic heterocycles. The summed E-state index contributed by atoms with van der Waals surface area (Å²) < 4.78 is 83.0. The lowest BCUT2D eigenvalue weighted by Gasteiger charge is -2.47. The molecular weight excluding hydrogens is 430 g/mol. The highest BCUT2D eigenvalue weighted by Crippen LogP contribution is 2.36. The number of alkyl halides is 3. The van der Waals surface area contributed by atoms with Gasteiger partial charge in [-0.3, -0.25) is 4.98 Å². The molecule has 3 rings (SSSR count). The number of aromatic nitrogens is 1. The molecule has 1 aliphatic rings. The van der Waals surface area contributed by atoms with E-state index in [2.05, 4.69) is 4.98 Å². The summed E-state index contributed by atoms with van der Waals surface area (Å²) in [6.07, 6.45) is -4.06. The SMILES string of the molecule is N#Cc1ccc(OCC2(CO)CN(S(=O)(=O)c3ccc(C(F)(F)F)nc3)C2)cc1F. The maximum Gasteiger partial charge on any atom is 0.433 e. The topological polar surface area (TPSA) is 104 Å². The largest absolute Gasteiger partial charge is 0.493 e. The Kier molecular flexibility index (Phi) is 5.72. The predicted octanol–water partition coefficient (Wildman–Crippen LogP) is 2.17. The van der Waals surface area contributed by atoms with E-state index in [-0.39, 0.29) is 31.0 Å². The van der Waals surface area contributed by atoms with Gasteiger partial charge in [0.2, 0.25) is 10.0 Å². The summed E-state index contributed by atoms with van der Waals surface area (Å²) in [5.74, 6) is -0.673. The number of ether oxygens (including phenoxy) is 1. The van der Waals surface area contributed by atoms with Crippen molar-refractivity contribution in [3.05, 3.63) is 53.6 Å². The Morgan fingerprint density at radius 1 is 1.27 bits per heavy atom. The molecule has 1 fully saturated rings. The van der Waals surface area contributed by atoms with Gasteiger partial charge in [0.25, 0.3) is 0 Å². The fraction of sp³-hybridized carbons (Fsp3) is 0.333. The van der Waals surface area contributed by atoms with Gasteiger partial charge in [0.1, 0.15) is 28.2 Å². The van der Waals surface area contributed by atoms with Crippen LogP contribution in [0.15, 0.2) is 41.4 Å². The van der Waals surface area contributed by atoms with Gasteiger partial charge >= 0.3 is 6.18 Å². The molecule has 0 aliphatic carbocycles. The summed E-state index contributed by atoms with van der Waals surface area (Å²) in [7, 11) is -4.10. The second-order valence-electron chi connectivity index (χ2n) is 6.85. The van der Waals surface area contributed by atoms with Gasteiger partial charge in [0.05, 0.1) is 24.2 Å². The highest BCUT2D eigenvalue weighted by atomic mass is 32.2. The van der Waals surface area contributed by atoms with Gasteiger partial charge < -0.3 is 9.84 Å². The zero-order chi connectivity index (χ0) is 22.2. The van der Waals surface area contributed by atoms with Crippen LogP contribution in [0.5, 0.6) is 5.75 Å². The molecule has 0 radical (unpaired) electrons. The number of benzene rings is 1. The van der Waals surface area contributed by atoms with Crippen molar-refractivity contribution >= 4 is 10.0 Å². The highest BCUT2D eigenvalue weighted by molar-refractivity contribution is 7.89. The maximum atomic E-state index is 13.6. The third kappa shape index (κ3) is 4.23. The van der Waals surface area contributed by atoms with Crippen LogP contribution in [0.4, 0.5) is 17.6 Å². The van der Waals surface area contributed by atoms with Crippen LogP contribution >= 0.6 is 0 Å². The van der Waals surface area contributed by atoms with Gasteiger partial charge in [-0.2, -0.15) is 22.7 Å². The number of halogens is 4. The summed E-state index contributed by atoms with van der Waals surface area (Å²) in [5, 5.41) is 18.4. The van der Waals surface area contributed by atoms with Crippen molar-refractivity contribution in [3.8, 4) is 11.8 Å². The first kappa shape index (κ1) is 21.9. The Bertz CT molecular complexity index is 1080. The highest BCUT2D eigenvalue weighted by Gasteiger charge is 2.49. The molecule has 0 amide bonds. The Balaban J connectivity index is 1.67. The molecule has 2 aromatic rings. The molecule has 0 unspecified atom stereocenters. The monoisotopic (exact) mass is 445 g/mol. The molecular formula is C18H15F4N3O4S. The van der Waals surface area contributed by atoms with E-state index in [0.717, 1.165) is 16.4 Å². The Labute approximate surface area is 169 Å². The first-order valence-electron chi connectivity index (χ1n) is 8.47. The average molecular weight is 445 g/mol. The number of hydrogen-bond donors (Lipinski definition) is 1. The number of rotatable bonds is 6. The summed E-state index contributed by atoms with van der Waals surface area (Å²) in [6.45, 7) is -0.855. The molecule has 0 spiro atoms. The second kappa shape index (κ2) is 7.82. The zero-order valence-corrected chi connectivity index (χ0v) is 16.0. The average Bonchev–Trinajstić information content (AvgIpc) is 2.67. The van der Waals surface area contributed by atoms with E-state index in [4.69, 9.17) is 10.00 Å². The van der Waals surface area contributed by atoms with Gasteiger partial charge in [-0.1, -0.05) is 0 Å². The molecule has 7 nitrogen and oxygen atoms in total. The van der Waals surface area contributed by atoms with Crippen molar-refractivity contribution in [2.75, 3.05) is 26.3 Å². The van der Waals surface area contributed by atoms with Crippen molar-refractivity contribution < 1.29 is 35.8 Å². The van der Waals surface area contributed by atoms with Gasteiger partial charge in [-0.25, -0.2) is 12.8 Å². The van der Waals surface area contributed by atoms with E-state index >= 15 is 0 Å². The first-order valence-corrected chi connectivity index (χ1v) is 9.91. The smallest absolute Gasteiger partial charge is 0.433 e. The third-order valence-corrected chi connectivity index (χ3v) is 6.40. The van der Waals surface area contributed by atoms with Crippen molar-refractivity contribution in [1.82, 2.24) is 9.29 Å². The van der Waals surface area contributed by atoms with Crippen LogP contribution in [0.25, 0.3) is 0 Å². The molecule has 1 N–H and O–H groups in total. The molecule has 0 saturated carbocycles. The minimum Gasteiger partial charge on any atom is -0.493 e. The molecule has 1 aromatic carbocycles. The lowest BCUT2D eigenvalue weighted by Crippen LogP contribution is -2.62. The van der Waals surface area contributed by atoms with Crippen LogP contribution in [-0.4, -0.2) is 49.1 Å². The predicted molar refractivity (Wildman–Crippen MR) is 94.1 cm³/mol. The Morgan fingerprint density at radius 2 is 1.97 bits per heavy atom. The first-order chi connectivity index (χ1) is 14.0. The molecule has 12 heteroatoms. The van der Waals surface area contributed by atoms with Crippen LogP contribution in [0, 0.1) is 22.6 Å². The van der Waals surface area contributed by atoms with E-state index in [1.807, 2.05) is 0 Å². The van der Waals surface area contributed by atoms with E-state index < -0.39 is 44.6 Å². The van der Waals surface area contributed by atoms with Gasteiger partial charge in [0.15, 0.2) is 0 Å². The second-order valence-corrected chi connectivity index (χ2v) is 8.79. The van der Waals surface area contributed by atoms with Crippen LogP contribution in [0.2, 0.25) is 0 Å². The van der Waals surface area contributed by atoms with Crippen molar-refractivity contribution in [3.63, 3.8) is 0 Å². The quantitative estimate of drug-likeness (QED) is 0.684. The van der Waals surface area contributed by atoms with E-state index in [1.54, 1.807) is 6.07 Å². The number of aliphatic hydroxyl groups excluding tert-OH is 1. The number of aliphatic hydroxyl groups is 1. The van der Waals surface area contributed by atoms with E-state index in [1.165, 1.54) is 12.1 Å². The molecule has 0 bridgehead atoms. The number of pyridine rings is 1. The lowest BCUT2D eigenvalue weighted by atomic mass is 9.83. The number of sulfonamides is 1. The van der Waals surface area contributed by atoms with E-state index in [9.17, 15) is 31.1 Å². The molecule has 0 atom stereocenters. The fourth-order valence-corrected chi connectivity index (χ4v) is 4.48. The van der Waals surface area contributed by atoms with Crippen molar-refractivity contribution in [2.24, 2.45) is 5.41 Å². The van der Waals surface area contributed by atoms with Crippen LogP contribution in [0.1, 0.15) is 11.3 Å². The van der Waals surface area contributed by atoms with Crippen molar-refractivity contribution in [1.29, 1.82) is 5.26 Å². The number of hydrogen-bond acceptors (Lipinski definition) is 6. The van der Waals surface area contributed by atoms with Crippen LogP contribution < -0.4 is 4.74 Å². The van der Waals surface area contributed by atoms with E-state index in [0.29, 0.717) is 12.3 Å². The zero-order valence-electron chi connectivity index (χ0n) is 15.2. The van der Waals surface area contributed by atoms with Gasteiger partial charge in [-0.05, 0) is 24.3 Å². The van der Waals surface area contributed by atoms with Gasteiger partial charge in [0, 0.05) is 25.4 Å². The Hall–Kier alpha value is -2.75. The summed E-state index contributed by atoms with van der Waals surface area (Å²) in [6, 6.07) is 6.67. The van der Waals surface area contributed by atoms with Crippen LogP contribution in [0.3, 0.4) is 0 Å². The standard InChI is InChI=1S/C18H15F4N3O4S/c19-15-5-13(2-1-12(15)6-23)29-11-17(10-26)8-25(9-17)30(27,28)14-3-4-16(24-7-14)18(20,21)22/h1-5,7,26H,8-11H2. The maximum absolute atomic E-state index is 13.6. The lowest BCUT2D eigenvalue weighted by molar-refractivity contribution is -0.141. The van der Waals surface area contributed by atoms with Gasteiger partial charge in [-0.15, -0.1) is 0 Å². The summed E-state index contributed by atoms with van der Waals surface area (Å²) >= 11 is 0. The molecule has 160 valence electrons. The summed E-state index contributed by atoms with van der Waals surface area (Å²) in [4.78, 5) is 2.74. The number of nitrogens with zero attached hydrogens (tertiary/aromatic N) is 3. The Morgan fingerprint density at radius 3 is 2.47 bits per heavy atom. The molecule has 1 aromatic heterocycles. The normalized spacial score (nSPS) is 16.5. The molecule has 30 heavy (non-hydrogen) atoms. The fourth-order valence-electron chi connectivity index (χ4n) is 2.87. The number of nitriles is 1. The van der Waals surface area contributed by atoms with Crippen molar-refractivity contribution in [2.45, 2.75) is 11.1 Å². The minimum absolute atomic E-state index is 0.104. The molecule has 1 saturated heterocycles.